The van der Waals surface area contributed by atoms with Gasteiger partial charge in [-0.2, -0.15) is 0 Å². The van der Waals surface area contributed by atoms with Crippen molar-refractivity contribution in [1.82, 2.24) is 10.6 Å². The van der Waals surface area contributed by atoms with Gasteiger partial charge in [-0.15, -0.1) is 0 Å². The van der Waals surface area contributed by atoms with Crippen LogP contribution in [-0.4, -0.2) is 33.7 Å². The number of benzene rings is 1. The molecule has 1 heterocycles. The number of fused-ring (bicyclic) bond motifs is 1. The van der Waals surface area contributed by atoms with Crippen molar-refractivity contribution in [2.45, 2.75) is 38.0 Å². The van der Waals surface area contributed by atoms with Gasteiger partial charge < -0.3 is 10.6 Å². The van der Waals surface area contributed by atoms with Crippen molar-refractivity contribution in [3.63, 3.8) is 0 Å². The van der Waals surface area contributed by atoms with Gasteiger partial charge in [0.15, 0.2) is 9.84 Å². The quantitative estimate of drug-likeness (QED) is 0.846. The van der Waals surface area contributed by atoms with E-state index in [2.05, 4.69) is 10.6 Å². The molecule has 2 aliphatic rings. The monoisotopic (exact) mass is 350 g/mol. The number of sulfone groups is 1. The number of carbonyl (C=O) groups excluding carboxylic acids is 1. The van der Waals surface area contributed by atoms with E-state index in [9.17, 15) is 13.2 Å². The van der Waals surface area contributed by atoms with Crippen LogP contribution in [0.4, 0.5) is 0 Å². The van der Waals surface area contributed by atoms with E-state index < -0.39 is 9.84 Å². The maximum absolute atomic E-state index is 12.8. The molecule has 2 atom stereocenters. The van der Waals surface area contributed by atoms with Crippen molar-refractivity contribution in [3.05, 3.63) is 35.4 Å². The van der Waals surface area contributed by atoms with E-state index >= 15 is 0 Å². The van der Waals surface area contributed by atoms with Gasteiger partial charge in [-0.1, -0.05) is 37.1 Å². The SMILES string of the molecule is CS(=O)(=O)Cc1cccc(CNC(=O)[C@@]23CCCC[C@H]2CNC3)c1. The van der Waals surface area contributed by atoms with Crippen molar-refractivity contribution in [3.8, 4) is 0 Å². The lowest BCUT2D eigenvalue weighted by atomic mass is 9.67. The van der Waals surface area contributed by atoms with Crippen LogP contribution in [-0.2, 0) is 26.9 Å². The lowest BCUT2D eigenvalue weighted by Crippen LogP contribution is -2.47. The predicted molar refractivity (Wildman–Crippen MR) is 94.1 cm³/mol. The number of carbonyl (C=O) groups is 1. The standard InChI is InChI=1S/C18H26N2O3S/c1-24(22,23)12-15-6-4-5-14(9-15)10-20-17(21)18-8-3-2-7-16(18)11-19-13-18/h4-6,9,16,19H,2-3,7-8,10-13H2,1H3,(H,20,21)/t16-,18+/m0/s1. The number of amides is 1. The van der Waals surface area contributed by atoms with Gasteiger partial charge in [0.2, 0.25) is 5.91 Å². The van der Waals surface area contributed by atoms with Crippen LogP contribution >= 0.6 is 0 Å². The summed E-state index contributed by atoms with van der Waals surface area (Å²) < 4.78 is 22.9. The fourth-order valence-electron chi connectivity index (χ4n) is 4.18. The molecule has 0 bridgehead atoms. The van der Waals surface area contributed by atoms with Crippen LogP contribution in [0.3, 0.4) is 0 Å². The molecule has 0 aromatic heterocycles. The zero-order valence-electron chi connectivity index (χ0n) is 14.2. The van der Waals surface area contributed by atoms with E-state index in [1.54, 1.807) is 0 Å². The Labute approximate surface area is 144 Å². The molecule has 2 fully saturated rings. The average molecular weight is 350 g/mol. The molecular formula is C18H26N2O3S. The van der Waals surface area contributed by atoms with Crippen LogP contribution in [0, 0.1) is 11.3 Å². The molecule has 5 nitrogen and oxygen atoms in total. The molecule has 0 radical (unpaired) electrons. The van der Waals surface area contributed by atoms with Gasteiger partial charge in [0.05, 0.1) is 11.2 Å². The minimum Gasteiger partial charge on any atom is -0.351 e. The molecule has 24 heavy (non-hydrogen) atoms. The topological polar surface area (TPSA) is 75.3 Å². The highest BCUT2D eigenvalue weighted by Gasteiger charge is 2.49. The molecule has 6 heteroatoms. The minimum absolute atomic E-state index is 0.0325. The molecule has 132 valence electrons. The third kappa shape index (κ3) is 3.81. The van der Waals surface area contributed by atoms with Crippen molar-refractivity contribution in [2.75, 3.05) is 19.3 Å². The summed E-state index contributed by atoms with van der Waals surface area (Å²) in [7, 11) is -3.05. The number of hydrogen-bond acceptors (Lipinski definition) is 4. The Hall–Kier alpha value is -1.40. The lowest BCUT2D eigenvalue weighted by Gasteiger charge is -2.37. The Kier molecular flexibility index (Phi) is 4.97. The number of nitrogens with one attached hydrogen (secondary N) is 2. The first kappa shape index (κ1) is 17.4. The lowest BCUT2D eigenvalue weighted by molar-refractivity contribution is -0.134. The van der Waals surface area contributed by atoms with Gasteiger partial charge in [0.1, 0.15) is 0 Å². The van der Waals surface area contributed by atoms with Crippen molar-refractivity contribution >= 4 is 15.7 Å². The molecule has 2 N–H and O–H groups in total. The second kappa shape index (κ2) is 6.84. The Morgan fingerprint density at radius 3 is 2.92 bits per heavy atom. The summed E-state index contributed by atoms with van der Waals surface area (Å²) in [6, 6.07) is 7.45. The van der Waals surface area contributed by atoms with E-state index in [1.807, 2.05) is 24.3 Å². The van der Waals surface area contributed by atoms with E-state index in [0.29, 0.717) is 12.5 Å². The summed E-state index contributed by atoms with van der Waals surface area (Å²) in [5.41, 5.74) is 1.46. The summed E-state index contributed by atoms with van der Waals surface area (Å²) in [5, 5.41) is 6.48. The zero-order valence-corrected chi connectivity index (χ0v) is 15.0. The summed E-state index contributed by atoms with van der Waals surface area (Å²) >= 11 is 0. The van der Waals surface area contributed by atoms with E-state index in [1.165, 1.54) is 12.7 Å². The van der Waals surface area contributed by atoms with Crippen LogP contribution in [0.1, 0.15) is 36.8 Å². The number of hydrogen-bond donors (Lipinski definition) is 2. The van der Waals surface area contributed by atoms with Gasteiger partial charge in [-0.3, -0.25) is 4.79 Å². The highest BCUT2D eigenvalue weighted by atomic mass is 32.2. The average Bonchev–Trinajstić information content (AvgIpc) is 2.96. The second-order valence-corrected chi connectivity index (χ2v) is 9.44. The molecule has 3 rings (SSSR count). The van der Waals surface area contributed by atoms with Crippen molar-refractivity contribution < 1.29 is 13.2 Å². The molecule has 1 aromatic carbocycles. The first-order valence-electron chi connectivity index (χ1n) is 8.64. The normalized spacial score (nSPS) is 26.8. The highest BCUT2D eigenvalue weighted by Crippen LogP contribution is 2.43. The predicted octanol–water partition coefficient (Wildman–Crippen LogP) is 1.63. The Bertz CT molecular complexity index is 717. The Morgan fingerprint density at radius 2 is 2.12 bits per heavy atom. The fourth-order valence-corrected chi connectivity index (χ4v) is 4.97. The zero-order chi connectivity index (χ0) is 17.2. The van der Waals surface area contributed by atoms with Crippen LogP contribution < -0.4 is 10.6 Å². The van der Waals surface area contributed by atoms with Crippen LogP contribution in [0.2, 0.25) is 0 Å². The summed E-state index contributed by atoms with van der Waals surface area (Å²) in [6.07, 6.45) is 5.66. The molecule has 1 amide bonds. The van der Waals surface area contributed by atoms with Crippen LogP contribution in [0.25, 0.3) is 0 Å². The molecule has 1 aliphatic carbocycles. The molecule has 0 spiro atoms. The fraction of sp³-hybridized carbons (Fsp3) is 0.611. The first-order chi connectivity index (χ1) is 11.4. The van der Waals surface area contributed by atoms with Gasteiger partial charge >= 0.3 is 0 Å². The minimum atomic E-state index is -3.05. The van der Waals surface area contributed by atoms with Crippen molar-refractivity contribution in [2.24, 2.45) is 11.3 Å². The highest BCUT2D eigenvalue weighted by molar-refractivity contribution is 7.89. The molecule has 0 unspecified atom stereocenters. The van der Waals surface area contributed by atoms with Gasteiger partial charge in [0, 0.05) is 19.3 Å². The molecular weight excluding hydrogens is 324 g/mol. The third-order valence-corrected chi connectivity index (χ3v) is 6.22. The summed E-state index contributed by atoms with van der Waals surface area (Å²) in [6.45, 7) is 2.17. The van der Waals surface area contributed by atoms with Crippen LogP contribution in [0.15, 0.2) is 24.3 Å². The summed E-state index contributed by atoms with van der Waals surface area (Å²) in [5.74, 6) is 0.624. The molecule has 1 aromatic rings. The van der Waals surface area contributed by atoms with E-state index in [-0.39, 0.29) is 17.1 Å². The second-order valence-electron chi connectivity index (χ2n) is 7.30. The first-order valence-corrected chi connectivity index (χ1v) is 10.7. The number of rotatable bonds is 5. The van der Waals surface area contributed by atoms with E-state index in [0.717, 1.165) is 43.5 Å². The van der Waals surface area contributed by atoms with E-state index in [4.69, 9.17) is 0 Å². The third-order valence-electron chi connectivity index (χ3n) is 5.36. The molecule has 1 aliphatic heterocycles. The molecule has 1 saturated carbocycles. The largest absolute Gasteiger partial charge is 0.351 e. The summed E-state index contributed by atoms with van der Waals surface area (Å²) in [4.78, 5) is 12.8. The van der Waals surface area contributed by atoms with Gasteiger partial charge in [-0.25, -0.2) is 8.42 Å². The van der Waals surface area contributed by atoms with Crippen molar-refractivity contribution in [1.29, 1.82) is 0 Å². The smallest absolute Gasteiger partial charge is 0.228 e. The Balaban J connectivity index is 1.65. The Morgan fingerprint density at radius 1 is 1.33 bits per heavy atom. The van der Waals surface area contributed by atoms with Gasteiger partial charge in [-0.05, 0) is 36.4 Å². The maximum atomic E-state index is 12.8. The molecule has 1 saturated heterocycles. The van der Waals surface area contributed by atoms with Crippen LogP contribution in [0.5, 0.6) is 0 Å². The van der Waals surface area contributed by atoms with Gasteiger partial charge in [0.25, 0.3) is 0 Å². The maximum Gasteiger partial charge on any atom is 0.228 e.